The van der Waals surface area contributed by atoms with Crippen molar-refractivity contribution in [1.82, 2.24) is 10.2 Å². The Balaban J connectivity index is 2.28. The van der Waals surface area contributed by atoms with Crippen molar-refractivity contribution >= 4 is 29.1 Å². The summed E-state index contributed by atoms with van der Waals surface area (Å²) < 4.78 is 0. The summed E-state index contributed by atoms with van der Waals surface area (Å²) in [7, 11) is 3.50. The minimum atomic E-state index is -0.437. The second kappa shape index (κ2) is 7.82. The molecular weight excluding hydrogens is 331 g/mol. The van der Waals surface area contributed by atoms with Gasteiger partial charge in [0, 0.05) is 30.2 Å². The van der Waals surface area contributed by atoms with Gasteiger partial charge in [0.1, 0.15) is 6.04 Å². The Labute approximate surface area is 147 Å². The smallest absolute Gasteiger partial charge is 0.243 e. The Bertz CT molecular complexity index is 674. The quantitative estimate of drug-likeness (QED) is 0.862. The minimum Gasteiger partial charge on any atom is -0.347 e. The summed E-state index contributed by atoms with van der Waals surface area (Å²) >= 11 is 12.2. The van der Waals surface area contributed by atoms with Crippen LogP contribution >= 0.6 is 23.2 Å². The molecule has 23 heavy (non-hydrogen) atoms. The van der Waals surface area contributed by atoms with Crippen molar-refractivity contribution in [1.29, 1.82) is 0 Å². The van der Waals surface area contributed by atoms with Gasteiger partial charge in [0.2, 0.25) is 5.91 Å². The summed E-state index contributed by atoms with van der Waals surface area (Å²) in [4.78, 5) is 14.1. The maximum absolute atomic E-state index is 12.6. The van der Waals surface area contributed by atoms with Crippen LogP contribution in [0.2, 0.25) is 10.0 Å². The molecule has 2 aromatic carbocycles. The van der Waals surface area contributed by atoms with E-state index >= 15 is 0 Å². The number of hydrogen-bond acceptors (Lipinski definition) is 2. The van der Waals surface area contributed by atoms with Crippen molar-refractivity contribution in [2.45, 2.75) is 19.0 Å². The standard InChI is InChI=1S/C18H20Cl2N2O/c1-12(15-10-9-14(19)11-16(15)20)21-17(18(23)22(2)3)13-7-5-4-6-8-13/h4-12,17,21H,1-3H3/t12-,17-/m0/s1. The minimum absolute atomic E-state index is 0.00636. The number of nitrogens with zero attached hydrogens (tertiary/aromatic N) is 1. The SMILES string of the molecule is C[C@H](N[C@H](C(=O)N(C)C)c1ccccc1)c1ccc(Cl)cc1Cl. The number of rotatable bonds is 5. The van der Waals surface area contributed by atoms with E-state index in [1.807, 2.05) is 43.3 Å². The van der Waals surface area contributed by atoms with Crippen LogP contribution in [0.1, 0.15) is 30.1 Å². The Hall–Kier alpha value is -1.55. The molecule has 0 bridgehead atoms. The van der Waals surface area contributed by atoms with Crippen LogP contribution in [0.15, 0.2) is 48.5 Å². The molecule has 122 valence electrons. The Kier molecular flexibility index (Phi) is 6.05. The van der Waals surface area contributed by atoms with Crippen LogP contribution in [-0.4, -0.2) is 24.9 Å². The average Bonchev–Trinajstić information content (AvgIpc) is 2.52. The van der Waals surface area contributed by atoms with Gasteiger partial charge in [-0.1, -0.05) is 59.6 Å². The lowest BCUT2D eigenvalue weighted by atomic mass is 10.0. The van der Waals surface area contributed by atoms with Gasteiger partial charge < -0.3 is 4.90 Å². The molecular formula is C18H20Cl2N2O. The molecule has 2 rings (SSSR count). The molecule has 0 spiro atoms. The molecule has 0 saturated carbocycles. The van der Waals surface area contributed by atoms with Crippen molar-refractivity contribution in [2.24, 2.45) is 0 Å². The first-order valence-corrected chi connectivity index (χ1v) is 8.13. The highest BCUT2D eigenvalue weighted by atomic mass is 35.5. The number of hydrogen-bond donors (Lipinski definition) is 1. The molecule has 0 heterocycles. The third-order valence-corrected chi connectivity index (χ3v) is 4.23. The molecule has 1 amide bonds. The molecule has 0 unspecified atom stereocenters. The fourth-order valence-electron chi connectivity index (χ4n) is 2.41. The number of nitrogens with one attached hydrogen (secondary N) is 1. The maximum Gasteiger partial charge on any atom is 0.243 e. The van der Waals surface area contributed by atoms with Gasteiger partial charge in [-0.2, -0.15) is 0 Å². The third-order valence-electron chi connectivity index (χ3n) is 3.67. The van der Waals surface area contributed by atoms with Crippen LogP contribution < -0.4 is 5.32 Å². The lowest BCUT2D eigenvalue weighted by Crippen LogP contribution is -2.38. The van der Waals surface area contributed by atoms with E-state index in [0.717, 1.165) is 11.1 Å². The number of carbonyl (C=O) groups is 1. The molecule has 0 aliphatic heterocycles. The second-order valence-electron chi connectivity index (χ2n) is 5.63. The number of amides is 1. The van der Waals surface area contributed by atoms with Gasteiger partial charge in [0.05, 0.1) is 0 Å². The highest BCUT2D eigenvalue weighted by Gasteiger charge is 2.24. The van der Waals surface area contributed by atoms with Crippen LogP contribution in [0.4, 0.5) is 0 Å². The molecule has 3 nitrogen and oxygen atoms in total. The van der Waals surface area contributed by atoms with E-state index in [9.17, 15) is 4.79 Å². The highest BCUT2D eigenvalue weighted by molar-refractivity contribution is 6.35. The first kappa shape index (κ1) is 17.8. The van der Waals surface area contributed by atoms with Gasteiger partial charge in [-0.25, -0.2) is 0 Å². The van der Waals surface area contributed by atoms with E-state index in [1.54, 1.807) is 31.1 Å². The summed E-state index contributed by atoms with van der Waals surface area (Å²) in [6.45, 7) is 1.98. The summed E-state index contributed by atoms with van der Waals surface area (Å²) in [5.74, 6) is -0.00636. The van der Waals surface area contributed by atoms with E-state index in [1.165, 1.54) is 0 Å². The number of carbonyl (C=O) groups excluding carboxylic acids is 1. The molecule has 2 atom stereocenters. The van der Waals surface area contributed by atoms with Crippen LogP contribution in [-0.2, 0) is 4.79 Å². The average molecular weight is 351 g/mol. The lowest BCUT2D eigenvalue weighted by Gasteiger charge is -2.26. The number of benzene rings is 2. The molecule has 0 aliphatic rings. The monoisotopic (exact) mass is 350 g/mol. The normalized spacial score (nSPS) is 13.4. The fraction of sp³-hybridized carbons (Fsp3) is 0.278. The summed E-state index contributed by atoms with van der Waals surface area (Å²) in [5.41, 5.74) is 1.83. The fourth-order valence-corrected chi connectivity index (χ4v) is 2.98. The topological polar surface area (TPSA) is 32.3 Å². The van der Waals surface area contributed by atoms with E-state index in [-0.39, 0.29) is 11.9 Å². The number of likely N-dealkylation sites (N-methyl/N-ethyl adjacent to an activating group) is 1. The predicted octanol–water partition coefficient (Wildman–Crippen LogP) is 4.47. The molecule has 0 aliphatic carbocycles. The van der Waals surface area contributed by atoms with Crippen LogP contribution in [0.25, 0.3) is 0 Å². The van der Waals surface area contributed by atoms with E-state index < -0.39 is 6.04 Å². The Morgan fingerprint density at radius 3 is 2.30 bits per heavy atom. The molecule has 2 aromatic rings. The number of halogens is 2. The van der Waals surface area contributed by atoms with E-state index in [2.05, 4.69) is 5.32 Å². The van der Waals surface area contributed by atoms with Gasteiger partial charge in [-0.05, 0) is 30.2 Å². The molecule has 0 fully saturated rings. The highest BCUT2D eigenvalue weighted by Crippen LogP contribution is 2.28. The van der Waals surface area contributed by atoms with Crippen molar-refractivity contribution in [3.05, 3.63) is 69.7 Å². The van der Waals surface area contributed by atoms with Gasteiger partial charge in [0.15, 0.2) is 0 Å². The second-order valence-corrected chi connectivity index (χ2v) is 6.47. The van der Waals surface area contributed by atoms with Crippen LogP contribution in [0.5, 0.6) is 0 Å². The largest absolute Gasteiger partial charge is 0.347 e. The van der Waals surface area contributed by atoms with Crippen molar-refractivity contribution in [2.75, 3.05) is 14.1 Å². The third kappa shape index (κ3) is 4.47. The van der Waals surface area contributed by atoms with Crippen LogP contribution in [0.3, 0.4) is 0 Å². The molecule has 0 saturated heterocycles. The Morgan fingerprint density at radius 2 is 1.74 bits per heavy atom. The molecule has 0 radical (unpaired) electrons. The van der Waals surface area contributed by atoms with E-state index in [4.69, 9.17) is 23.2 Å². The van der Waals surface area contributed by atoms with Crippen LogP contribution in [0, 0.1) is 0 Å². The van der Waals surface area contributed by atoms with Gasteiger partial charge in [-0.15, -0.1) is 0 Å². The summed E-state index contributed by atoms with van der Waals surface area (Å²) in [6.07, 6.45) is 0. The first-order valence-electron chi connectivity index (χ1n) is 7.37. The predicted molar refractivity (Wildman–Crippen MR) is 95.9 cm³/mol. The molecule has 5 heteroatoms. The Morgan fingerprint density at radius 1 is 1.09 bits per heavy atom. The molecule has 0 aromatic heterocycles. The molecule has 1 N–H and O–H groups in total. The lowest BCUT2D eigenvalue weighted by molar-refractivity contribution is -0.131. The zero-order chi connectivity index (χ0) is 17.0. The van der Waals surface area contributed by atoms with Gasteiger partial charge >= 0.3 is 0 Å². The maximum atomic E-state index is 12.6. The van der Waals surface area contributed by atoms with Gasteiger partial charge in [0.25, 0.3) is 0 Å². The van der Waals surface area contributed by atoms with Crippen molar-refractivity contribution < 1.29 is 4.79 Å². The van der Waals surface area contributed by atoms with Crippen molar-refractivity contribution in [3.63, 3.8) is 0 Å². The zero-order valence-corrected chi connectivity index (χ0v) is 14.9. The van der Waals surface area contributed by atoms with Crippen molar-refractivity contribution in [3.8, 4) is 0 Å². The summed E-state index contributed by atoms with van der Waals surface area (Å²) in [5, 5.41) is 4.55. The van der Waals surface area contributed by atoms with Gasteiger partial charge in [-0.3, -0.25) is 10.1 Å². The summed E-state index contributed by atoms with van der Waals surface area (Å²) in [6, 6.07) is 14.5. The zero-order valence-electron chi connectivity index (χ0n) is 13.4. The first-order chi connectivity index (χ1) is 10.9. The van der Waals surface area contributed by atoms with E-state index in [0.29, 0.717) is 10.0 Å².